The summed E-state index contributed by atoms with van der Waals surface area (Å²) in [6.07, 6.45) is 1.55. The van der Waals surface area contributed by atoms with Gasteiger partial charge in [0.2, 0.25) is 0 Å². The molecular formula is C14H16N2O. The van der Waals surface area contributed by atoms with Crippen molar-refractivity contribution in [2.75, 3.05) is 0 Å². The van der Waals surface area contributed by atoms with Gasteiger partial charge in [0.25, 0.3) is 0 Å². The van der Waals surface area contributed by atoms with Gasteiger partial charge in [0.15, 0.2) is 0 Å². The van der Waals surface area contributed by atoms with Crippen LogP contribution < -0.4 is 5.69 Å². The quantitative estimate of drug-likeness (QED) is 0.815. The first-order valence-electron chi connectivity index (χ1n) is 5.64. The number of aromatic nitrogens is 2. The van der Waals surface area contributed by atoms with Crippen LogP contribution >= 0.6 is 0 Å². The first kappa shape index (κ1) is 11.6. The average Bonchev–Trinajstić information content (AvgIpc) is 2.27. The minimum atomic E-state index is -0.305. The van der Waals surface area contributed by atoms with E-state index in [1.165, 1.54) is 22.3 Å². The number of aryl methyl sites for hydroxylation is 2. The summed E-state index contributed by atoms with van der Waals surface area (Å²) in [4.78, 5) is 17.7. The molecule has 0 fully saturated rings. The summed E-state index contributed by atoms with van der Waals surface area (Å²) in [7, 11) is 0. The van der Waals surface area contributed by atoms with E-state index in [-0.39, 0.29) is 5.69 Å². The lowest BCUT2D eigenvalue weighted by molar-refractivity contribution is 1.07. The lowest BCUT2D eigenvalue weighted by Gasteiger charge is -2.14. The molecule has 0 spiro atoms. The van der Waals surface area contributed by atoms with Gasteiger partial charge in [-0.1, -0.05) is 6.07 Å². The topological polar surface area (TPSA) is 45.8 Å². The largest absolute Gasteiger partial charge is 0.345 e. The molecule has 2 rings (SSSR count). The third kappa shape index (κ3) is 2.00. The molecule has 0 saturated heterocycles. The second kappa shape index (κ2) is 4.17. The van der Waals surface area contributed by atoms with Crippen molar-refractivity contribution in [1.82, 2.24) is 9.97 Å². The second-order valence-corrected chi connectivity index (χ2v) is 4.42. The van der Waals surface area contributed by atoms with Crippen LogP contribution in [0, 0.1) is 27.7 Å². The van der Waals surface area contributed by atoms with E-state index >= 15 is 0 Å². The summed E-state index contributed by atoms with van der Waals surface area (Å²) in [6.45, 7) is 8.33. The summed E-state index contributed by atoms with van der Waals surface area (Å²) >= 11 is 0. The zero-order valence-corrected chi connectivity index (χ0v) is 10.6. The summed E-state index contributed by atoms with van der Waals surface area (Å²) < 4.78 is 0. The van der Waals surface area contributed by atoms with Gasteiger partial charge in [0.05, 0.1) is 5.69 Å². The Hall–Kier alpha value is -1.90. The number of aromatic amines is 1. The molecule has 2 aromatic rings. The highest BCUT2D eigenvalue weighted by Gasteiger charge is 2.10. The number of H-pyrrole nitrogens is 1. The van der Waals surface area contributed by atoms with Gasteiger partial charge < -0.3 is 4.98 Å². The lowest BCUT2D eigenvalue weighted by atomic mass is 9.92. The zero-order chi connectivity index (χ0) is 12.6. The molecular weight excluding hydrogens is 212 g/mol. The van der Waals surface area contributed by atoms with Gasteiger partial charge in [-0.3, -0.25) is 0 Å². The van der Waals surface area contributed by atoms with Crippen LogP contribution in [0.1, 0.15) is 22.3 Å². The maximum absolute atomic E-state index is 11.3. The highest BCUT2D eigenvalue weighted by atomic mass is 16.1. The molecule has 17 heavy (non-hydrogen) atoms. The van der Waals surface area contributed by atoms with Crippen LogP contribution in [0.15, 0.2) is 23.1 Å². The Morgan fingerprint density at radius 3 is 2.18 bits per heavy atom. The van der Waals surface area contributed by atoms with Crippen molar-refractivity contribution in [1.29, 1.82) is 0 Å². The van der Waals surface area contributed by atoms with Crippen molar-refractivity contribution in [3.8, 4) is 11.3 Å². The molecule has 1 aromatic heterocycles. The van der Waals surface area contributed by atoms with Crippen LogP contribution in [0.25, 0.3) is 11.3 Å². The summed E-state index contributed by atoms with van der Waals surface area (Å²) in [5.41, 5.74) is 6.53. The zero-order valence-electron chi connectivity index (χ0n) is 10.6. The summed E-state index contributed by atoms with van der Waals surface area (Å²) in [5.74, 6) is 0. The minimum absolute atomic E-state index is 0.305. The van der Waals surface area contributed by atoms with Crippen molar-refractivity contribution < 1.29 is 0 Å². The highest BCUT2D eigenvalue weighted by molar-refractivity contribution is 5.70. The fourth-order valence-electron chi connectivity index (χ4n) is 2.14. The van der Waals surface area contributed by atoms with E-state index in [1.807, 2.05) is 6.07 Å². The Morgan fingerprint density at radius 2 is 1.65 bits per heavy atom. The smallest absolute Gasteiger partial charge is 0.305 e. The van der Waals surface area contributed by atoms with Crippen molar-refractivity contribution >= 4 is 0 Å². The van der Waals surface area contributed by atoms with Crippen LogP contribution in [-0.4, -0.2) is 9.97 Å². The number of hydrogen-bond donors (Lipinski definition) is 1. The maximum Gasteiger partial charge on any atom is 0.345 e. The molecule has 0 aliphatic carbocycles. The van der Waals surface area contributed by atoms with Crippen LogP contribution in [0.4, 0.5) is 0 Å². The normalized spacial score (nSPS) is 10.6. The van der Waals surface area contributed by atoms with Gasteiger partial charge >= 0.3 is 5.69 Å². The van der Waals surface area contributed by atoms with E-state index in [1.54, 1.807) is 6.20 Å². The Bertz CT molecular complexity index is 600. The van der Waals surface area contributed by atoms with Crippen LogP contribution in [-0.2, 0) is 0 Å². The maximum atomic E-state index is 11.3. The first-order chi connectivity index (χ1) is 8.00. The van der Waals surface area contributed by atoms with Crippen molar-refractivity contribution in [2.24, 2.45) is 0 Å². The van der Waals surface area contributed by atoms with E-state index in [0.29, 0.717) is 0 Å². The summed E-state index contributed by atoms with van der Waals surface area (Å²) in [5, 5.41) is 0. The molecule has 0 bridgehead atoms. The number of nitrogens with zero attached hydrogens (tertiary/aromatic N) is 1. The van der Waals surface area contributed by atoms with Gasteiger partial charge in [-0.25, -0.2) is 9.78 Å². The van der Waals surface area contributed by atoms with E-state index < -0.39 is 0 Å². The predicted octanol–water partition coefficient (Wildman–Crippen LogP) is 2.67. The molecule has 0 atom stereocenters. The van der Waals surface area contributed by atoms with E-state index in [0.717, 1.165) is 11.3 Å². The predicted molar refractivity (Wildman–Crippen MR) is 69.2 cm³/mol. The Labute approximate surface area is 101 Å². The van der Waals surface area contributed by atoms with Gasteiger partial charge in [-0.2, -0.15) is 0 Å². The first-order valence-corrected chi connectivity index (χ1v) is 5.64. The molecule has 1 heterocycles. The van der Waals surface area contributed by atoms with Crippen molar-refractivity contribution in [2.45, 2.75) is 27.7 Å². The van der Waals surface area contributed by atoms with Gasteiger partial charge in [-0.15, -0.1) is 0 Å². The lowest BCUT2D eigenvalue weighted by Crippen LogP contribution is -2.10. The molecule has 0 aliphatic rings. The van der Waals surface area contributed by atoms with Crippen LogP contribution in [0.2, 0.25) is 0 Å². The average molecular weight is 228 g/mol. The van der Waals surface area contributed by atoms with Crippen molar-refractivity contribution in [3.05, 3.63) is 51.1 Å². The van der Waals surface area contributed by atoms with Crippen LogP contribution in [0.5, 0.6) is 0 Å². The van der Waals surface area contributed by atoms with Crippen molar-refractivity contribution in [3.63, 3.8) is 0 Å². The Morgan fingerprint density at radius 1 is 1.06 bits per heavy atom. The fraction of sp³-hybridized carbons (Fsp3) is 0.286. The molecule has 0 saturated carbocycles. The molecule has 1 N–H and O–H groups in total. The molecule has 88 valence electrons. The summed E-state index contributed by atoms with van der Waals surface area (Å²) in [6, 6.07) is 4.02. The SMILES string of the molecule is Cc1cc(C)c(C)c(-c2ccnc(=O)[nH]2)c1C. The molecule has 3 nitrogen and oxygen atoms in total. The Balaban J connectivity index is 2.79. The number of benzene rings is 1. The third-order valence-corrected chi connectivity index (χ3v) is 3.31. The van der Waals surface area contributed by atoms with Crippen LogP contribution in [0.3, 0.4) is 0 Å². The van der Waals surface area contributed by atoms with E-state index in [2.05, 4.69) is 43.7 Å². The molecule has 0 aliphatic heterocycles. The monoisotopic (exact) mass is 228 g/mol. The van der Waals surface area contributed by atoms with Gasteiger partial charge in [-0.05, 0) is 56.0 Å². The highest BCUT2D eigenvalue weighted by Crippen LogP contribution is 2.29. The molecule has 1 aromatic carbocycles. The number of hydrogen-bond acceptors (Lipinski definition) is 2. The fourth-order valence-corrected chi connectivity index (χ4v) is 2.14. The third-order valence-electron chi connectivity index (χ3n) is 3.31. The molecule has 0 amide bonds. The van der Waals surface area contributed by atoms with Gasteiger partial charge in [0.1, 0.15) is 0 Å². The number of rotatable bonds is 1. The van der Waals surface area contributed by atoms with E-state index in [4.69, 9.17) is 0 Å². The van der Waals surface area contributed by atoms with E-state index in [9.17, 15) is 4.79 Å². The Kier molecular flexibility index (Phi) is 2.84. The second-order valence-electron chi connectivity index (χ2n) is 4.42. The minimum Gasteiger partial charge on any atom is -0.305 e. The number of nitrogens with one attached hydrogen (secondary N) is 1. The molecule has 0 radical (unpaired) electrons. The molecule has 3 heteroatoms. The molecule has 0 unspecified atom stereocenters. The van der Waals surface area contributed by atoms with Gasteiger partial charge in [0, 0.05) is 11.8 Å². The standard InChI is InChI=1S/C14H16N2O/c1-8-7-9(2)11(4)13(10(8)3)12-5-6-15-14(17)16-12/h5-7H,1-4H3,(H,15,16,17).